The second-order valence-corrected chi connectivity index (χ2v) is 15.0. The van der Waals surface area contributed by atoms with Gasteiger partial charge in [0.1, 0.15) is 18.1 Å². The molecule has 1 unspecified atom stereocenters. The van der Waals surface area contributed by atoms with Crippen molar-refractivity contribution < 1.29 is 33.5 Å². The van der Waals surface area contributed by atoms with Crippen molar-refractivity contribution in [2.45, 2.75) is 132 Å². The number of carbonyl (C=O) groups is 6. The fourth-order valence-electron chi connectivity index (χ4n) is 5.25. The van der Waals surface area contributed by atoms with Crippen LogP contribution in [0.25, 0.3) is 0 Å². The molecule has 1 rings (SSSR count). The summed E-state index contributed by atoms with van der Waals surface area (Å²) in [7, 11) is 0. The molecular formula is C34H59N5O7. The number of unbranched alkanes of at least 4 members (excludes halogenated alkanes) is 1. The van der Waals surface area contributed by atoms with Gasteiger partial charge < -0.3 is 30.9 Å². The van der Waals surface area contributed by atoms with E-state index in [9.17, 15) is 28.8 Å². The molecule has 0 aromatic heterocycles. The van der Waals surface area contributed by atoms with Crippen LogP contribution in [0.15, 0.2) is 12.7 Å². The van der Waals surface area contributed by atoms with E-state index < -0.39 is 70.5 Å². The number of hydrogen-bond donors (Lipinski definition) is 4. The monoisotopic (exact) mass is 649 g/mol. The predicted molar refractivity (Wildman–Crippen MR) is 177 cm³/mol. The molecule has 4 N–H and O–H groups in total. The van der Waals surface area contributed by atoms with Gasteiger partial charge in [0.2, 0.25) is 17.6 Å². The molecule has 12 nitrogen and oxygen atoms in total. The average Bonchev–Trinajstić information content (AvgIpc) is 3.39. The minimum absolute atomic E-state index is 0.00842. The van der Waals surface area contributed by atoms with E-state index in [2.05, 4.69) is 27.8 Å². The lowest BCUT2D eigenvalue weighted by Crippen LogP contribution is -2.62. The lowest BCUT2D eigenvalue weighted by Gasteiger charge is -2.36. The summed E-state index contributed by atoms with van der Waals surface area (Å²) in [6, 6.07) is -4.72. The first-order valence-corrected chi connectivity index (χ1v) is 16.5. The molecule has 1 heterocycles. The SMILES string of the molecule is C=CCNC(=O)C(=O)C(CCCC)NC(=O)[C@@H]1C[C@@H](C(C)C)CN1C(=O)[C@@H](NC(=O)N[C@H](C(=O)OC(C)C)C(C)(C)C)C(C)(C)C. The zero-order chi connectivity index (χ0) is 35.6. The van der Waals surface area contributed by atoms with E-state index >= 15 is 0 Å². The number of ketones is 1. The summed E-state index contributed by atoms with van der Waals surface area (Å²) >= 11 is 0. The van der Waals surface area contributed by atoms with Crippen molar-refractivity contribution in [2.75, 3.05) is 13.1 Å². The maximum absolute atomic E-state index is 14.3. The van der Waals surface area contributed by atoms with E-state index in [1.165, 1.54) is 11.0 Å². The summed E-state index contributed by atoms with van der Waals surface area (Å²) in [5.74, 6) is -2.99. The highest BCUT2D eigenvalue weighted by Crippen LogP contribution is 2.32. The number of ether oxygens (including phenoxy) is 1. The van der Waals surface area contributed by atoms with E-state index in [0.717, 1.165) is 6.42 Å². The van der Waals surface area contributed by atoms with Crippen molar-refractivity contribution in [1.82, 2.24) is 26.2 Å². The molecule has 0 aromatic rings. The van der Waals surface area contributed by atoms with E-state index in [4.69, 9.17) is 4.74 Å². The Morgan fingerprint density at radius 1 is 0.913 bits per heavy atom. The standard InChI is InChI=1S/C34H59N5O7/c1-13-15-16-23(25(40)29(42)35-17-14-2)36-28(41)24-18-22(20(3)4)19-39(24)30(43)26(33(7,8)9)37-32(45)38-27(34(10,11)12)31(44)46-21(5)6/h14,20-24,26-27H,2,13,15-19H2,1,3-12H3,(H,35,42)(H,36,41)(H2,37,38,45)/t22-,23?,24+,26-,27-/m1/s1. The smallest absolute Gasteiger partial charge is 0.329 e. The van der Waals surface area contributed by atoms with Gasteiger partial charge >= 0.3 is 12.0 Å². The summed E-state index contributed by atoms with van der Waals surface area (Å²) in [5.41, 5.74) is -1.45. The molecule has 0 saturated carbocycles. The van der Waals surface area contributed by atoms with Crippen molar-refractivity contribution in [2.24, 2.45) is 22.7 Å². The van der Waals surface area contributed by atoms with Gasteiger partial charge in [-0.2, -0.15) is 0 Å². The number of nitrogens with zero attached hydrogens (tertiary/aromatic N) is 1. The highest BCUT2D eigenvalue weighted by Gasteiger charge is 2.46. The van der Waals surface area contributed by atoms with Crippen LogP contribution in [-0.2, 0) is 28.7 Å². The Morgan fingerprint density at radius 3 is 1.96 bits per heavy atom. The lowest BCUT2D eigenvalue weighted by atomic mass is 9.85. The first kappa shape index (κ1) is 40.6. The zero-order valence-corrected chi connectivity index (χ0v) is 29.9. The fraction of sp³-hybridized carbons (Fsp3) is 0.765. The fourth-order valence-corrected chi connectivity index (χ4v) is 5.25. The highest BCUT2D eigenvalue weighted by molar-refractivity contribution is 6.38. The number of carbonyl (C=O) groups excluding carboxylic acids is 6. The van der Waals surface area contributed by atoms with E-state index in [-0.39, 0.29) is 37.5 Å². The Hall–Kier alpha value is -3.44. The van der Waals surface area contributed by atoms with E-state index in [1.54, 1.807) is 55.4 Å². The van der Waals surface area contributed by atoms with Crippen LogP contribution >= 0.6 is 0 Å². The molecule has 46 heavy (non-hydrogen) atoms. The number of hydrogen-bond acceptors (Lipinski definition) is 7. The van der Waals surface area contributed by atoms with Crippen LogP contribution in [-0.4, -0.2) is 83.8 Å². The maximum Gasteiger partial charge on any atom is 0.329 e. The first-order valence-electron chi connectivity index (χ1n) is 16.5. The lowest BCUT2D eigenvalue weighted by molar-refractivity contribution is -0.152. The van der Waals surface area contributed by atoms with Gasteiger partial charge in [0.05, 0.1) is 12.1 Å². The van der Waals surface area contributed by atoms with Gasteiger partial charge in [-0.3, -0.25) is 19.2 Å². The van der Waals surface area contributed by atoms with Gasteiger partial charge in [0.15, 0.2) is 0 Å². The van der Waals surface area contributed by atoms with Gasteiger partial charge in [-0.25, -0.2) is 9.59 Å². The predicted octanol–water partition coefficient (Wildman–Crippen LogP) is 3.49. The molecule has 5 amide bonds. The number of rotatable bonds is 15. The zero-order valence-electron chi connectivity index (χ0n) is 29.9. The molecule has 12 heteroatoms. The Morgan fingerprint density at radius 2 is 1.48 bits per heavy atom. The van der Waals surface area contributed by atoms with Gasteiger partial charge in [-0.1, -0.05) is 81.2 Å². The number of esters is 1. The van der Waals surface area contributed by atoms with E-state index in [1.807, 2.05) is 20.8 Å². The molecule has 262 valence electrons. The molecule has 5 atom stereocenters. The number of urea groups is 1. The molecule has 0 aliphatic carbocycles. The van der Waals surface area contributed by atoms with Crippen LogP contribution in [0.4, 0.5) is 4.79 Å². The minimum Gasteiger partial charge on any atom is -0.461 e. The molecule has 1 aliphatic rings. The van der Waals surface area contributed by atoms with Crippen molar-refractivity contribution in [1.29, 1.82) is 0 Å². The molecule has 1 aliphatic heterocycles. The molecule has 1 fully saturated rings. The molecule has 1 saturated heterocycles. The largest absolute Gasteiger partial charge is 0.461 e. The second-order valence-electron chi connectivity index (χ2n) is 15.0. The normalized spacial score (nSPS) is 18.8. The Kier molecular flexibility index (Phi) is 15.4. The van der Waals surface area contributed by atoms with Gasteiger partial charge in [0, 0.05) is 13.1 Å². The van der Waals surface area contributed by atoms with Gasteiger partial charge in [-0.05, 0) is 49.4 Å². The first-order chi connectivity index (χ1) is 21.1. The van der Waals surface area contributed by atoms with Gasteiger partial charge in [-0.15, -0.1) is 6.58 Å². The van der Waals surface area contributed by atoms with Gasteiger partial charge in [0.25, 0.3) is 5.91 Å². The van der Waals surface area contributed by atoms with Crippen LogP contribution in [0.1, 0.15) is 102 Å². The number of Topliss-reactive ketones (excluding diaryl/α,β-unsaturated/α-hetero) is 1. The number of nitrogens with one attached hydrogen (secondary N) is 4. The highest BCUT2D eigenvalue weighted by atomic mass is 16.5. The van der Waals surface area contributed by atoms with Crippen molar-refractivity contribution >= 4 is 35.5 Å². The molecule has 0 aromatic carbocycles. The molecule has 0 bridgehead atoms. The average molecular weight is 650 g/mol. The topological polar surface area (TPSA) is 163 Å². The van der Waals surface area contributed by atoms with Crippen LogP contribution < -0.4 is 21.3 Å². The summed E-state index contributed by atoms with van der Waals surface area (Å²) in [5, 5.41) is 10.7. The van der Waals surface area contributed by atoms with Crippen LogP contribution in [0.5, 0.6) is 0 Å². The van der Waals surface area contributed by atoms with E-state index in [0.29, 0.717) is 12.8 Å². The third-order valence-electron chi connectivity index (χ3n) is 8.09. The van der Waals surface area contributed by atoms with Crippen LogP contribution in [0.2, 0.25) is 0 Å². The van der Waals surface area contributed by atoms with Crippen molar-refractivity contribution in [3.8, 4) is 0 Å². The third-order valence-corrected chi connectivity index (χ3v) is 8.09. The third kappa shape index (κ3) is 12.1. The van der Waals surface area contributed by atoms with Crippen LogP contribution in [0.3, 0.4) is 0 Å². The molecule has 0 spiro atoms. The summed E-state index contributed by atoms with van der Waals surface area (Å²) in [6.07, 6.45) is 3.08. The quantitative estimate of drug-likeness (QED) is 0.120. The van der Waals surface area contributed by atoms with Crippen LogP contribution in [0, 0.1) is 22.7 Å². The summed E-state index contributed by atoms with van der Waals surface area (Å²) < 4.78 is 5.37. The van der Waals surface area contributed by atoms with Crippen molar-refractivity contribution in [3.63, 3.8) is 0 Å². The maximum atomic E-state index is 14.3. The van der Waals surface area contributed by atoms with Crippen molar-refractivity contribution in [3.05, 3.63) is 12.7 Å². The number of amides is 5. The minimum atomic E-state index is -1.06. The second kappa shape index (κ2) is 17.5. The number of likely N-dealkylation sites (tertiary alicyclic amines) is 1. The Bertz CT molecular complexity index is 1110. The molecular weight excluding hydrogens is 590 g/mol. The summed E-state index contributed by atoms with van der Waals surface area (Å²) in [4.78, 5) is 81.2. The Labute approximate surface area is 275 Å². The Balaban J connectivity index is 3.34. The molecule has 0 radical (unpaired) electrons. The summed E-state index contributed by atoms with van der Waals surface area (Å²) in [6.45, 7) is 24.2.